The molecule has 1 aromatic carbocycles. The van der Waals surface area contributed by atoms with E-state index < -0.39 is 11.7 Å². The molecule has 0 aromatic heterocycles. The highest BCUT2D eigenvalue weighted by Crippen LogP contribution is 2.32. The SMILES string of the molecule is Cc1ccc(C(F)(F)F)cc1NC(=O)N1CCCC(C)C1. The van der Waals surface area contributed by atoms with Crippen molar-refractivity contribution >= 4 is 11.7 Å². The van der Waals surface area contributed by atoms with Crippen LogP contribution in [0.3, 0.4) is 0 Å². The maximum absolute atomic E-state index is 12.7. The van der Waals surface area contributed by atoms with E-state index in [1.54, 1.807) is 11.8 Å². The zero-order valence-corrected chi connectivity index (χ0v) is 12.1. The van der Waals surface area contributed by atoms with Crippen molar-refractivity contribution in [2.24, 2.45) is 5.92 Å². The van der Waals surface area contributed by atoms with Crippen LogP contribution in [0.5, 0.6) is 0 Å². The fraction of sp³-hybridized carbons (Fsp3) is 0.533. The average Bonchev–Trinajstić information content (AvgIpc) is 2.40. The molecule has 1 atom stereocenters. The molecule has 1 heterocycles. The summed E-state index contributed by atoms with van der Waals surface area (Å²) >= 11 is 0. The largest absolute Gasteiger partial charge is 0.416 e. The molecule has 0 bridgehead atoms. The second-order valence-electron chi connectivity index (χ2n) is 5.65. The van der Waals surface area contributed by atoms with Crippen molar-refractivity contribution in [3.63, 3.8) is 0 Å². The topological polar surface area (TPSA) is 32.3 Å². The molecule has 0 spiro atoms. The van der Waals surface area contributed by atoms with Crippen molar-refractivity contribution in [3.05, 3.63) is 29.3 Å². The van der Waals surface area contributed by atoms with Gasteiger partial charge in [0.1, 0.15) is 0 Å². The molecule has 1 aliphatic heterocycles. The molecule has 116 valence electrons. The Balaban J connectivity index is 2.13. The van der Waals surface area contributed by atoms with E-state index in [0.29, 0.717) is 24.6 Å². The Labute approximate surface area is 122 Å². The molecule has 6 heteroatoms. The van der Waals surface area contributed by atoms with Gasteiger partial charge in [0.2, 0.25) is 0 Å². The zero-order valence-electron chi connectivity index (χ0n) is 12.1. The van der Waals surface area contributed by atoms with Gasteiger partial charge < -0.3 is 10.2 Å². The minimum atomic E-state index is -4.41. The lowest BCUT2D eigenvalue weighted by Crippen LogP contribution is -2.41. The molecule has 0 aliphatic carbocycles. The standard InChI is InChI=1S/C15H19F3N2O/c1-10-4-3-7-20(9-10)14(21)19-13-8-12(15(16,17)18)6-5-11(13)2/h5-6,8,10H,3-4,7,9H2,1-2H3,(H,19,21). The molecule has 1 aromatic rings. The van der Waals surface area contributed by atoms with Gasteiger partial charge in [-0.2, -0.15) is 13.2 Å². The Morgan fingerprint density at radius 2 is 2.10 bits per heavy atom. The molecule has 2 amide bonds. The number of hydrogen-bond donors (Lipinski definition) is 1. The molecular weight excluding hydrogens is 281 g/mol. The van der Waals surface area contributed by atoms with Gasteiger partial charge >= 0.3 is 12.2 Å². The lowest BCUT2D eigenvalue weighted by Gasteiger charge is -2.31. The summed E-state index contributed by atoms with van der Waals surface area (Å²) in [5.41, 5.74) is 0.0740. The highest BCUT2D eigenvalue weighted by atomic mass is 19.4. The molecule has 1 saturated heterocycles. The number of likely N-dealkylation sites (tertiary alicyclic amines) is 1. The van der Waals surface area contributed by atoms with Gasteiger partial charge in [0, 0.05) is 18.8 Å². The monoisotopic (exact) mass is 300 g/mol. The second-order valence-corrected chi connectivity index (χ2v) is 5.65. The van der Waals surface area contributed by atoms with E-state index in [1.165, 1.54) is 6.07 Å². The van der Waals surface area contributed by atoms with Crippen molar-refractivity contribution in [1.29, 1.82) is 0 Å². The summed E-state index contributed by atoms with van der Waals surface area (Å²) in [6.07, 6.45) is -2.41. The first-order valence-electron chi connectivity index (χ1n) is 7.01. The number of rotatable bonds is 1. The van der Waals surface area contributed by atoms with Gasteiger partial charge in [-0.25, -0.2) is 4.79 Å². The van der Waals surface area contributed by atoms with E-state index in [0.717, 1.165) is 25.0 Å². The number of nitrogens with one attached hydrogen (secondary N) is 1. The van der Waals surface area contributed by atoms with E-state index in [9.17, 15) is 18.0 Å². The minimum Gasteiger partial charge on any atom is -0.324 e. The fourth-order valence-corrected chi connectivity index (χ4v) is 2.50. The third kappa shape index (κ3) is 3.89. The van der Waals surface area contributed by atoms with Crippen LogP contribution < -0.4 is 5.32 Å². The van der Waals surface area contributed by atoms with Crippen molar-refractivity contribution in [2.45, 2.75) is 32.9 Å². The van der Waals surface area contributed by atoms with Crippen LogP contribution in [0.25, 0.3) is 0 Å². The average molecular weight is 300 g/mol. The molecule has 1 unspecified atom stereocenters. The van der Waals surface area contributed by atoms with Gasteiger partial charge in [-0.3, -0.25) is 0 Å². The van der Waals surface area contributed by atoms with E-state index in [-0.39, 0.29) is 11.7 Å². The predicted molar refractivity (Wildman–Crippen MR) is 75.2 cm³/mol. The summed E-state index contributed by atoms with van der Waals surface area (Å²) in [6, 6.07) is 3.05. The molecule has 2 rings (SSSR count). The number of anilines is 1. The number of amides is 2. The van der Waals surface area contributed by atoms with Gasteiger partial charge in [0.15, 0.2) is 0 Å². The lowest BCUT2D eigenvalue weighted by molar-refractivity contribution is -0.137. The number of carbonyl (C=O) groups is 1. The summed E-state index contributed by atoms with van der Waals surface area (Å²) in [4.78, 5) is 13.8. The third-order valence-corrected chi connectivity index (χ3v) is 3.75. The van der Waals surface area contributed by atoms with Gasteiger partial charge in [-0.15, -0.1) is 0 Å². The molecule has 0 saturated carbocycles. The number of carbonyl (C=O) groups excluding carboxylic acids is 1. The number of aryl methyl sites for hydroxylation is 1. The molecule has 1 aliphatic rings. The van der Waals surface area contributed by atoms with Crippen LogP contribution in [0.4, 0.5) is 23.7 Å². The van der Waals surface area contributed by atoms with Gasteiger partial charge in [0.05, 0.1) is 5.56 Å². The quantitative estimate of drug-likeness (QED) is 0.825. The molecule has 1 fully saturated rings. The van der Waals surface area contributed by atoms with Crippen LogP contribution in [0.1, 0.15) is 30.9 Å². The van der Waals surface area contributed by atoms with Gasteiger partial charge in [0.25, 0.3) is 0 Å². The summed E-state index contributed by atoms with van der Waals surface area (Å²) in [5, 5.41) is 2.60. The van der Waals surface area contributed by atoms with E-state index in [2.05, 4.69) is 12.2 Å². The molecular formula is C15H19F3N2O. The predicted octanol–water partition coefficient (Wildman–Crippen LogP) is 4.28. The highest BCUT2D eigenvalue weighted by Gasteiger charge is 2.31. The van der Waals surface area contributed by atoms with Gasteiger partial charge in [-0.1, -0.05) is 13.0 Å². The highest BCUT2D eigenvalue weighted by molar-refractivity contribution is 5.90. The van der Waals surface area contributed by atoms with Gasteiger partial charge in [-0.05, 0) is 43.4 Å². The Bertz CT molecular complexity index is 528. The van der Waals surface area contributed by atoms with Crippen molar-refractivity contribution in [3.8, 4) is 0 Å². The van der Waals surface area contributed by atoms with E-state index in [1.807, 2.05) is 0 Å². The number of benzene rings is 1. The van der Waals surface area contributed by atoms with Crippen LogP contribution >= 0.6 is 0 Å². The second kappa shape index (κ2) is 5.95. The van der Waals surface area contributed by atoms with Crippen LogP contribution in [-0.4, -0.2) is 24.0 Å². The minimum absolute atomic E-state index is 0.216. The van der Waals surface area contributed by atoms with Crippen molar-refractivity contribution in [2.75, 3.05) is 18.4 Å². The van der Waals surface area contributed by atoms with E-state index >= 15 is 0 Å². The van der Waals surface area contributed by atoms with Crippen LogP contribution in [0.15, 0.2) is 18.2 Å². The normalized spacial score (nSPS) is 19.5. The van der Waals surface area contributed by atoms with Crippen molar-refractivity contribution in [1.82, 2.24) is 4.90 Å². The first kappa shape index (κ1) is 15.7. The maximum atomic E-state index is 12.7. The van der Waals surface area contributed by atoms with Crippen LogP contribution in [0, 0.1) is 12.8 Å². The maximum Gasteiger partial charge on any atom is 0.416 e. The molecule has 0 radical (unpaired) electrons. The number of piperidine rings is 1. The Morgan fingerprint density at radius 1 is 1.38 bits per heavy atom. The van der Waals surface area contributed by atoms with Crippen LogP contribution in [-0.2, 0) is 6.18 Å². The number of hydrogen-bond acceptors (Lipinski definition) is 1. The Kier molecular flexibility index (Phi) is 4.44. The smallest absolute Gasteiger partial charge is 0.324 e. The number of alkyl halides is 3. The Hall–Kier alpha value is -1.72. The first-order chi connectivity index (χ1) is 9.77. The van der Waals surface area contributed by atoms with E-state index in [4.69, 9.17) is 0 Å². The molecule has 3 nitrogen and oxygen atoms in total. The number of halogens is 3. The first-order valence-corrected chi connectivity index (χ1v) is 7.01. The zero-order chi connectivity index (χ0) is 15.6. The van der Waals surface area contributed by atoms with Crippen molar-refractivity contribution < 1.29 is 18.0 Å². The number of nitrogens with zero attached hydrogens (tertiary/aromatic N) is 1. The summed E-state index contributed by atoms with van der Waals surface area (Å²) in [5.74, 6) is 0.423. The lowest BCUT2D eigenvalue weighted by atomic mass is 10.0. The third-order valence-electron chi connectivity index (χ3n) is 3.75. The molecule has 1 N–H and O–H groups in total. The fourth-order valence-electron chi connectivity index (χ4n) is 2.50. The molecule has 21 heavy (non-hydrogen) atoms. The summed E-state index contributed by atoms with van der Waals surface area (Å²) in [6.45, 7) is 5.03. The summed E-state index contributed by atoms with van der Waals surface area (Å²) in [7, 11) is 0. The Morgan fingerprint density at radius 3 is 2.71 bits per heavy atom. The summed E-state index contributed by atoms with van der Waals surface area (Å²) < 4.78 is 38.2. The number of urea groups is 1. The van der Waals surface area contributed by atoms with Crippen LogP contribution in [0.2, 0.25) is 0 Å².